The Balaban J connectivity index is 1.64. The maximum atomic E-state index is 6.72. The molecule has 1 unspecified atom stereocenters. The molecule has 1 heterocycles. The highest BCUT2D eigenvalue weighted by Crippen LogP contribution is 2.41. The van der Waals surface area contributed by atoms with Crippen molar-refractivity contribution in [1.82, 2.24) is 0 Å². The van der Waals surface area contributed by atoms with Gasteiger partial charge in [-0.15, -0.1) is 35.1 Å². The van der Waals surface area contributed by atoms with Gasteiger partial charge in [-0.2, -0.15) is 0 Å². The van der Waals surface area contributed by atoms with Crippen LogP contribution >= 0.6 is 35.1 Å². The fraction of sp³-hybridized carbons (Fsp3) is 0.368. The monoisotopic (exact) mass is 364 g/mol. The molecule has 122 valence electrons. The second-order valence-corrected chi connectivity index (χ2v) is 8.99. The molecule has 0 radical (unpaired) electrons. The second kappa shape index (κ2) is 8.91. The predicted molar refractivity (Wildman–Crippen MR) is 104 cm³/mol. The van der Waals surface area contributed by atoms with Gasteiger partial charge in [-0.1, -0.05) is 48.5 Å². The molecule has 3 rings (SSSR count). The summed E-state index contributed by atoms with van der Waals surface area (Å²) in [5.41, 5.74) is 2.28. The first-order chi connectivity index (χ1) is 11.3. The summed E-state index contributed by atoms with van der Waals surface area (Å²) in [6.07, 6.45) is 2.30. The van der Waals surface area contributed by atoms with Crippen molar-refractivity contribution in [3.05, 3.63) is 65.7 Å². The molecular formula is C19H21ClOS2. The largest absolute Gasteiger partial charge is 0.489 e. The normalized spacial score (nSPS) is 16.9. The average molecular weight is 365 g/mol. The number of halogens is 1. The van der Waals surface area contributed by atoms with E-state index >= 15 is 0 Å². The first-order valence-corrected chi connectivity index (χ1v) is 10.5. The van der Waals surface area contributed by atoms with Crippen LogP contribution < -0.4 is 4.74 Å². The van der Waals surface area contributed by atoms with Crippen LogP contribution in [0.2, 0.25) is 0 Å². The van der Waals surface area contributed by atoms with Gasteiger partial charge in [0.2, 0.25) is 0 Å². The minimum Gasteiger partial charge on any atom is -0.489 e. The van der Waals surface area contributed by atoms with Crippen LogP contribution in [0.1, 0.15) is 29.3 Å². The average Bonchev–Trinajstić information content (AvgIpc) is 2.62. The van der Waals surface area contributed by atoms with Crippen LogP contribution in [0.3, 0.4) is 0 Å². The zero-order chi connectivity index (χ0) is 15.9. The van der Waals surface area contributed by atoms with Gasteiger partial charge in [-0.05, 0) is 36.0 Å². The van der Waals surface area contributed by atoms with E-state index in [1.807, 2.05) is 59.9 Å². The summed E-state index contributed by atoms with van der Waals surface area (Å²) in [5, 5.41) is 0.00470. The van der Waals surface area contributed by atoms with Gasteiger partial charge in [0.15, 0.2) is 0 Å². The van der Waals surface area contributed by atoms with Gasteiger partial charge in [0.25, 0.3) is 0 Å². The molecule has 1 fully saturated rings. The van der Waals surface area contributed by atoms with Crippen LogP contribution in [-0.4, -0.2) is 16.1 Å². The van der Waals surface area contributed by atoms with Crippen molar-refractivity contribution in [2.45, 2.75) is 29.4 Å². The standard InChI is InChI=1S/C19H21ClOS2/c20-17(13-19-22-11-6-12-23-19)16-9-4-5-10-18(16)21-14-15-7-2-1-3-8-15/h1-5,7-10,17,19H,6,11-14H2. The van der Waals surface area contributed by atoms with Gasteiger partial charge in [0, 0.05) is 5.56 Å². The maximum absolute atomic E-state index is 6.72. The first-order valence-electron chi connectivity index (χ1n) is 7.96. The molecule has 0 saturated carbocycles. The maximum Gasteiger partial charge on any atom is 0.124 e. The van der Waals surface area contributed by atoms with E-state index in [1.54, 1.807) is 0 Å². The molecule has 1 saturated heterocycles. The molecule has 0 spiro atoms. The fourth-order valence-electron chi connectivity index (χ4n) is 2.57. The molecule has 0 bridgehead atoms. The highest BCUT2D eigenvalue weighted by molar-refractivity contribution is 8.17. The Morgan fingerprint density at radius 2 is 1.70 bits per heavy atom. The van der Waals surface area contributed by atoms with Gasteiger partial charge in [0.05, 0.1) is 9.96 Å². The number of thioether (sulfide) groups is 2. The number of benzene rings is 2. The van der Waals surface area contributed by atoms with E-state index in [-0.39, 0.29) is 5.38 Å². The van der Waals surface area contributed by atoms with Gasteiger partial charge in [-0.25, -0.2) is 0 Å². The zero-order valence-electron chi connectivity index (χ0n) is 13.0. The van der Waals surface area contributed by atoms with Gasteiger partial charge in [0.1, 0.15) is 12.4 Å². The van der Waals surface area contributed by atoms with Crippen molar-refractivity contribution >= 4 is 35.1 Å². The van der Waals surface area contributed by atoms with E-state index in [1.165, 1.54) is 23.5 Å². The Morgan fingerprint density at radius 3 is 2.48 bits per heavy atom. The molecule has 4 heteroatoms. The molecular weight excluding hydrogens is 344 g/mol. The highest BCUT2D eigenvalue weighted by Gasteiger charge is 2.21. The Labute approximate surface area is 152 Å². The number of rotatable bonds is 6. The summed E-state index contributed by atoms with van der Waals surface area (Å²) in [6, 6.07) is 18.4. The summed E-state index contributed by atoms with van der Waals surface area (Å²) < 4.78 is 6.64. The zero-order valence-corrected chi connectivity index (χ0v) is 15.4. The van der Waals surface area contributed by atoms with Crippen LogP contribution in [0.5, 0.6) is 5.75 Å². The third-order valence-corrected chi connectivity index (χ3v) is 7.20. The Bertz CT molecular complexity index is 599. The molecule has 1 nitrogen and oxygen atoms in total. The van der Waals surface area contributed by atoms with E-state index in [0.29, 0.717) is 11.2 Å². The SMILES string of the molecule is ClC(CC1SCCCS1)c1ccccc1OCc1ccccc1. The van der Waals surface area contributed by atoms with Gasteiger partial charge < -0.3 is 4.74 Å². The number of para-hydroxylation sites is 1. The van der Waals surface area contributed by atoms with Crippen molar-refractivity contribution in [2.75, 3.05) is 11.5 Å². The van der Waals surface area contributed by atoms with E-state index in [2.05, 4.69) is 18.2 Å². The van der Waals surface area contributed by atoms with Crippen molar-refractivity contribution in [3.63, 3.8) is 0 Å². The first kappa shape index (κ1) is 17.1. The van der Waals surface area contributed by atoms with Crippen molar-refractivity contribution in [3.8, 4) is 5.75 Å². The van der Waals surface area contributed by atoms with Crippen LogP contribution in [0.4, 0.5) is 0 Å². The molecule has 23 heavy (non-hydrogen) atoms. The summed E-state index contributed by atoms with van der Waals surface area (Å²) in [6.45, 7) is 0.578. The Kier molecular flexibility index (Phi) is 6.61. The lowest BCUT2D eigenvalue weighted by molar-refractivity contribution is 0.302. The summed E-state index contributed by atoms with van der Waals surface area (Å²) in [4.78, 5) is 0. The lowest BCUT2D eigenvalue weighted by Crippen LogP contribution is -2.10. The van der Waals surface area contributed by atoms with Gasteiger partial charge in [-0.3, -0.25) is 0 Å². The molecule has 0 amide bonds. The Morgan fingerprint density at radius 1 is 1.00 bits per heavy atom. The number of hydrogen-bond donors (Lipinski definition) is 0. The Hall–Kier alpha value is -0.770. The third-order valence-electron chi connectivity index (χ3n) is 3.79. The van der Waals surface area contributed by atoms with Crippen LogP contribution in [0.15, 0.2) is 54.6 Å². The number of alkyl halides is 1. The highest BCUT2D eigenvalue weighted by atomic mass is 35.5. The molecule has 1 aliphatic heterocycles. The van der Waals surface area contributed by atoms with Crippen molar-refractivity contribution in [2.24, 2.45) is 0 Å². The topological polar surface area (TPSA) is 9.23 Å². The third kappa shape index (κ3) is 5.10. The van der Waals surface area contributed by atoms with E-state index in [4.69, 9.17) is 16.3 Å². The quantitative estimate of drug-likeness (QED) is 0.570. The van der Waals surface area contributed by atoms with Crippen LogP contribution in [0.25, 0.3) is 0 Å². The lowest BCUT2D eigenvalue weighted by Gasteiger charge is -2.24. The molecule has 2 aromatic carbocycles. The van der Waals surface area contributed by atoms with E-state index in [9.17, 15) is 0 Å². The molecule has 1 atom stereocenters. The van der Waals surface area contributed by atoms with Crippen molar-refractivity contribution < 1.29 is 4.74 Å². The van der Waals surface area contributed by atoms with Gasteiger partial charge >= 0.3 is 0 Å². The van der Waals surface area contributed by atoms with E-state index < -0.39 is 0 Å². The number of hydrogen-bond acceptors (Lipinski definition) is 3. The minimum atomic E-state index is 0.00470. The summed E-state index contributed by atoms with van der Waals surface area (Å²) in [5.74, 6) is 3.42. The molecule has 0 aliphatic carbocycles. The van der Waals surface area contributed by atoms with E-state index in [0.717, 1.165) is 17.7 Å². The van der Waals surface area contributed by atoms with Crippen molar-refractivity contribution in [1.29, 1.82) is 0 Å². The minimum absolute atomic E-state index is 0.00470. The predicted octanol–water partition coefficient (Wildman–Crippen LogP) is 6.13. The second-order valence-electron chi connectivity index (χ2n) is 5.54. The molecule has 0 N–H and O–H groups in total. The molecule has 0 aromatic heterocycles. The lowest BCUT2D eigenvalue weighted by atomic mass is 10.1. The molecule has 2 aromatic rings. The molecule has 1 aliphatic rings. The fourth-order valence-corrected chi connectivity index (χ4v) is 6.09. The summed E-state index contributed by atoms with van der Waals surface area (Å²) in [7, 11) is 0. The smallest absolute Gasteiger partial charge is 0.124 e. The number of ether oxygens (including phenoxy) is 1. The van der Waals surface area contributed by atoms with Crippen LogP contribution in [-0.2, 0) is 6.61 Å². The van der Waals surface area contributed by atoms with Crippen LogP contribution in [0, 0.1) is 0 Å². The summed E-state index contributed by atoms with van der Waals surface area (Å²) >= 11 is 10.8.